The summed E-state index contributed by atoms with van der Waals surface area (Å²) in [5, 5.41) is 7.02. The van der Waals surface area contributed by atoms with Crippen LogP contribution in [0.4, 0.5) is 5.69 Å². The first-order valence-electron chi connectivity index (χ1n) is 8.68. The highest BCUT2D eigenvalue weighted by atomic mass is 32.2. The molecular formula is C18H26N2O2S2. The van der Waals surface area contributed by atoms with E-state index in [1.54, 1.807) is 18.3 Å². The standard InChI is InChI=1S/C18H26N2O2S2/c1-3-24(21,22)20-16-6-4-14(5-7-16)12-19-17-10-13(2)18-15(11-17)8-9-23-18/h8-11,14,16,19-20H,3-7,12H2,1-2H3/t14-,16-. The van der Waals surface area contributed by atoms with Gasteiger partial charge in [-0.15, -0.1) is 11.3 Å². The second-order valence-electron chi connectivity index (χ2n) is 6.75. The van der Waals surface area contributed by atoms with Crippen LogP contribution < -0.4 is 10.0 Å². The van der Waals surface area contributed by atoms with Gasteiger partial charge < -0.3 is 5.32 Å². The molecule has 0 spiro atoms. The third-order valence-electron chi connectivity index (χ3n) is 4.90. The summed E-state index contributed by atoms with van der Waals surface area (Å²) in [7, 11) is -3.08. The van der Waals surface area contributed by atoms with Crippen molar-refractivity contribution < 1.29 is 8.42 Å². The van der Waals surface area contributed by atoms with E-state index >= 15 is 0 Å². The van der Waals surface area contributed by atoms with Crippen LogP contribution in [-0.4, -0.2) is 26.8 Å². The van der Waals surface area contributed by atoms with E-state index < -0.39 is 10.0 Å². The van der Waals surface area contributed by atoms with Crippen molar-refractivity contribution in [3.8, 4) is 0 Å². The second-order valence-corrected chi connectivity index (χ2v) is 9.71. The van der Waals surface area contributed by atoms with Crippen molar-refractivity contribution in [1.82, 2.24) is 4.72 Å². The summed E-state index contributed by atoms with van der Waals surface area (Å²) < 4.78 is 27.5. The quantitative estimate of drug-likeness (QED) is 0.808. The number of thiophene rings is 1. The van der Waals surface area contributed by atoms with Gasteiger partial charge in [0.05, 0.1) is 5.75 Å². The molecule has 3 rings (SSSR count). The Hall–Kier alpha value is -1.11. The highest BCUT2D eigenvalue weighted by molar-refractivity contribution is 7.89. The van der Waals surface area contributed by atoms with Gasteiger partial charge in [-0.1, -0.05) is 0 Å². The van der Waals surface area contributed by atoms with E-state index in [2.05, 4.69) is 40.5 Å². The Labute approximate surface area is 148 Å². The number of fused-ring (bicyclic) bond motifs is 1. The topological polar surface area (TPSA) is 58.2 Å². The molecule has 1 saturated carbocycles. The van der Waals surface area contributed by atoms with Gasteiger partial charge in [-0.25, -0.2) is 13.1 Å². The van der Waals surface area contributed by atoms with Crippen molar-refractivity contribution in [2.75, 3.05) is 17.6 Å². The van der Waals surface area contributed by atoms with Crippen molar-refractivity contribution in [2.45, 2.75) is 45.6 Å². The SMILES string of the molecule is CCS(=O)(=O)N[C@H]1CC[C@H](CNc2cc(C)c3sccc3c2)CC1. The molecule has 1 heterocycles. The zero-order valence-electron chi connectivity index (χ0n) is 14.3. The third kappa shape index (κ3) is 4.29. The Morgan fingerprint density at radius 3 is 2.67 bits per heavy atom. The minimum atomic E-state index is -3.08. The van der Waals surface area contributed by atoms with Crippen LogP contribution in [-0.2, 0) is 10.0 Å². The molecule has 0 aliphatic heterocycles. The molecule has 6 heteroatoms. The average Bonchev–Trinajstić information content (AvgIpc) is 3.03. The first-order valence-corrected chi connectivity index (χ1v) is 11.2. The zero-order valence-corrected chi connectivity index (χ0v) is 16.0. The number of hydrogen-bond acceptors (Lipinski definition) is 4. The maximum atomic E-state index is 11.7. The number of rotatable bonds is 6. The number of hydrogen-bond donors (Lipinski definition) is 2. The first-order chi connectivity index (χ1) is 11.5. The molecule has 0 atom stereocenters. The Balaban J connectivity index is 1.51. The van der Waals surface area contributed by atoms with E-state index in [0.717, 1.165) is 32.2 Å². The lowest BCUT2D eigenvalue weighted by Gasteiger charge is -2.29. The van der Waals surface area contributed by atoms with E-state index in [-0.39, 0.29) is 11.8 Å². The third-order valence-corrected chi connectivity index (χ3v) is 7.42. The zero-order chi connectivity index (χ0) is 17.2. The fraction of sp³-hybridized carbons (Fsp3) is 0.556. The molecule has 0 saturated heterocycles. The average molecular weight is 367 g/mol. The van der Waals surface area contributed by atoms with Crippen molar-refractivity contribution in [3.05, 3.63) is 29.1 Å². The van der Waals surface area contributed by atoms with E-state index in [1.165, 1.54) is 21.3 Å². The Morgan fingerprint density at radius 2 is 1.96 bits per heavy atom. The van der Waals surface area contributed by atoms with Gasteiger partial charge in [0, 0.05) is 23.0 Å². The van der Waals surface area contributed by atoms with Crippen LogP contribution in [0.25, 0.3) is 10.1 Å². The summed E-state index contributed by atoms with van der Waals surface area (Å²) in [6.45, 7) is 4.81. The van der Waals surface area contributed by atoms with Crippen molar-refractivity contribution >= 4 is 37.1 Å². The van der Waals surface area contributed by atoms with Gasteiger partial charge in [0.2, 0.25) is 10.0 Å². The Morgan fingerprint density at radius 1 is 1.21 bits per heavy atom. The van der Waals surface area contributed by atoms with Crippen LogP contribution in [0, 0.1) is 12.8 Å². The smallest absolute Gasteiger partial charge is 0.211 e. The van der Waals surface area contributed by atoms with E-state index in [9.17, 15) is 8.42 Å². The first kappa shape index (κ1) is 17.7. The lowest BCUT2D eigenvalue weighted by Crippen LogP contribution is -2.39. The molecule has 0 bridgehead atoms. The van der Waals surface area contributed by atoms with Crippen LogP contribution in [0.5, 0.6) is 0 Å². The number of anilines is 1. The van der Waals surface area contributed by atoms with Crippen molar-refractivity contribution in [1.29, 1.82) is 0 Å². The molecule has 1 aliphatic carbocycles. The summed E-state index contributed by atoms with van der Waals surface area (Å²) in [4.78, 5) is 0. The Bertz CT molecular complexity index is 790. The van der Waals surface area contributed by atoms with E-state index in [4.69, 9.17) is 0 Å². The lowest BCUT2D eigenvalue weighted by atomic mass is 9.86. The van der Waals surface area contributed by atoms with Gasteiger partial charge in [-0.05, 0) is 80.0 Å². The molecule has 0 unspecified atom stereocenters. The molecule has 1 aliphatic rings. The second kappa shape index (κ2) is 7.42. The summed E-state index contributed by atoms with van der Waals surface area (Å²) in [5.74, 6) is 0.782. The van der Waals surface area contributed by atoms with Gasteiger partial charge in [-0.3, -0.25) is 0 Å². The van der Waals surface area contributed by atoms with Gasteiger partial charge >= 0.3 is 0 Å². The van der Waals surface area contributed by atoms with Crippen molar-refractivity contribution in [2.24, 2.45) is 5.92 Å². The number of aryl methyl sites for hydroxylation is 1. The monoisotopic (exact) mass is 366 g/mol. The Kier molecular flexibility index (Phi) is 5.47. The van der Waals surface area contributed by atoms with Gasteiger partial charge in [0.15, 0.2) is 0 Å². The summed E-state index contributed by atoms with van der Waals surface area (Å²) in [6, 6.07) is 6.73. The van der Waals surface area contributed by atoms with E-state index in [1.807, 2.05) is 0 Å². The van der Waals surface area contributed by atoms with Crippen LogP contribution in [0.1, 0.15) is 38.2 Å². The van der Waals surface area contributed by atoms with Gasteiger partial charge in [0.1, 0.15) is 0 Å². The fourth-order valence-corrected chi connectivity index (χ4v) is 5.22. The number of benzene rings is 1. The molecule has 0 radical (unpaired) electrons. The minimum Gasteiger partial charge on any atom is -0.385 e. The summed E-state index contributed by atoms with van der Waals surface area (Å²) in [5.41, 5.74) is 2.51. The largest absolute Gasteiger partial charge is 0.385 e. The highest BCUT2D eigenvalue weighted by Crippen LogP contribution is 2.29. The van der Waals surface area contributed by atoms with Crippen LogP contribution in [0.3, 0.4) is 0 Å². The number of sulfonamides is 1. The molecule has 24 heavy (non-hydrogen) atoms. The molecule has 1 aromatic heterocycles. The molecule has 1 fully saturated rings. The maximum absolute atomic E-state index is 11.7. The van der Waals surface area contributed by atoms with Gasteiger partial charge in [-0.2, -0.15) is 0 Å². The molecule has 1 aromatic carbocycles. The summed E-state index contributed by atoms with van der Waals surface area (Å²) >= 11 is 1.79. The van der Waals surface area contributed by atoms with Crippen LogP contribution in [0.15, 0.2) is 23.6 Å². The van der Waals surface area contributed by atoms with Crippen molar-refractivity contribution in [3.63, 3.8) is 0 Å². The van der Waals surface area contributed by atoms with E-state index in [0.29, 0.717) is 5.92 Å². The molecule has 2 N–H and O–H groups in total. The predicted octanol–water partition coefficient (Wildman–Crippen LogP) is 4.12. The fourth-order valence-electron chi connectivity index (χ4n) is 3.45. The summed E-state index contributed by atoms with van der Waals surface area (Å²) in [6.07, 6.45) is 4.02. The molecule has 0 amide bonds. The van der Waals surface area contributed by atoms with Crippen LogP contribution in [0.2, 0.25) is 0 Å². The number of nitrogens with one attached hydrogen (secondary N) is 2. The highest BCUT2D eigenvalue weighted by Gasteiger charge is 2.24. The minimum absolute atomic E-state index is 0.121. The molecule has 4 nitrogen and oxygen atoms in total. The molecule has 132 valence electrons. The molecule has 2 aromatic rings. The predicted molar refractivity (Wildman–Crippen MR) is 103 cm³/mol. The molecular weight excluding hydrogens is 340 g/mol. The normalized spacial score (nSPS) is 21.9. The van der Waals surface area contributed by atoms with Gasteiger partial charge in [0.25, 0.3) is 0 Å². The maximum Gasteiger partial charge on any atom is 0.211 e. The lowest BCUT2D eigenvalue weighted by molar-refractivity contribution is 0.324. The van der Waals surface area contributed by atoms with Crippen LogP contribution >= 0.6 is 11.3 Å².